The second-order valence-electron chi connectivity index (χ2n) is 4.72. The quantitative estimate of drug-likeness (QED) is 0.745. The molecule has 2 nitrogen and oxygen atoms in total. The van der Waals surface area contributed by atoms with Crippen LogP contribution in [0.1, 0.15) is 25.7 Å². The van der Waals surface area contributed by atoms with E-state index in [4.69, 9.17) is 5.11 Å². The van der Waals surface area contributed by atoms with E-state index in [9.17, 15) is 0 Å². The summed E-state index contributed by atoms with van der Waals surface area (Å²) in [4.78, 5) is 0. The van der Waals surface area contributed by atoms with Gasteiger partial charge in [0.05, 0.1) is 0 Å². The molecule has 82 valence electrons. The summed E-state index contributed by atoms with van der Waals surface area (Å²) in [5, 5.41) is 12.8. The van der Waals surface area contributed by atoms with Crippen molar-refractivity contribution in [1.82, 2.24) is 5.32 Å². The lowest BCUT2D eigenvalue weighted by Gasteiger charge is -2.32. The molecule has 1 aliphatic heterocycles. The van der Waals surface area contributed by atoms with E-state index in [0.717, 1.165) is 12.0 Å². The van der Waals surface area contributed by atoms with Gasteiger partial charge < -0.3 is 10.4 Å². The van der Waals surface area contributed by atoms with Crippen LogP contribution in [0.2, 0.25) is 0 Å². The van der Waals surface area contributed by atoms with Crippen LogP contribution >= 0.6 is 11.8 Å². The predicted molar refractivity (Wildman–Crippen MR) is 61.6 cm³/mol. The minimum atomic E-state index is 0.399. The van der Waals surface area contributed by atoms with Crippen molar-refractivity contribution < 1.29 is 5.11 Å². The number of nitrogens with one attached hydrogen (secondary N) is 1. The zero-order valence-corrected chi connectivity index (χ0v) is 9.56. The molecule has 2 atom stereocenters. The highest BCUT2D eigenvalue weighted by atomic mass is 32.2. The van der Waals surface area contributed by atoms with Crippen LogP contribution in [-0.4, -0.2) is 35.8 Å². The van der Waals surface area contributed by atoms with Gasteiger partial charge in [0.1, 0.15) is 0 Å². The Balaban J connectivity index is 1.63. The molecule has 0 aromatic carbocycles. The van der Waals surface area contributed by atoms with Gasteiger partial charge in [-0.2, -0.15) is 11.8 Å². The van der Waals surface area contributed by atoms with Crippen molar-refractivity contribution >= 4 is 11.8 Å². The fraction of sp³-hybridized carbons (Fsp3) is 1.00. The molecule has 1 saturated heterocycles. The Morgan fingerprint density at radius 3 is 2.64 bits per heavy atom. The third kappa shape index (κ3) is 2.88. The third-order valence-corrected chi connectivity index (χ3v) is 4.76. The molecular weight excluding hydrogens is 194 g/mol. The maximum Gasteiger partial charge on any atom is 0.0459 e. The standard InChI is InChI=1S/C11H21NOS/c13-6-10-3-1-2-9(4-10)5-12-11-7-14-8-11/h9-13H,1-8H2. The van der Waals surface area contributed by atoms with Crippen molar-refractivity contribution in [3.8, 4) is 0 Å². The summed E-state index contributed by atoms with van der Waals surface area (Å²) in [5.74, 6) is 4.02. The lowest BCUT2D eigenvalue weighted by molar-refractivity contribution is 0.158. The first kappa shape index (κ1) is 10.8. The number of thioether (sulfide) groups is 1. The molecular formula is C11H21NOS. The fourth-order valence-corrected chi connectivity index (χ4v) is 3.15. The highest BCUT2D eigenvalue weighted by Crippen LogP contribution is 2.28. The average Bonchev–Trinajstić information content (AvgIpc) is 2.16. The smallest absolute Gasteiger partial charge is 0.0459 e. The zero-order chi connectivity index (χ0) is 9.80. The van der Waals surface area contributed by atoms with Crippen LogP contribution in [0.3, 0.4) is 0 Å². The molecule has 1 saturated carbocycles. The molecule has 0 spiro atoms. The highest BCUT2D eigenvalue weighted by Gasteiger charge is 2.23. The van der Waals surface area contributed by atoms with Gasteiger partial charge in [0, 0.05) is 24.2 Å². The molecule has 0 bridgehead atoms. The summed E-state index contributed by atoms with van der Waals surface area (Å²) in [6.45, 7) is 1.58. The summed E-state index contributed by atoms with van der Waals surface area (Å²) in [7, 11) is 0. The van der Waals surface area contributed by atoms with E-state index in [1.807, 2.05) is 11.8 Å². The third-order valence-electron chi connectivity index (χ3n) is 3.48. The van der Waals surface area contributed by atoms with E-state index >= 15 is 0 Å². The normalized spacial score (nSPS) is 34.1. The molecule has 0 radical (unpaired) electrons. The van der Waals surface area contributed by atoms with E-state index in [-0.39, 0.29) is 0 Å². The first-order chi connectivity index (χ1) is 6.88. The Labute approximate surface area is 90.8 Å². The maximum atomic E-state index is 9.12. The van der Waals surface area contributed by atoms with Gasteiger partial charge >= 0.3 is 0 Å². The lowest BCUT2D eigenvalue weighted by Crippen LogP contribution is -2.43. The lowest BCUT2D eigenvalue weighted by atomic mass is 9.82. The molecule has 2 N–H and O–H groups in total. The molecule has 0 aromatic heterocycles. The minimum Gasteiger partial charge on any atom is -0.396 e. The van der Waals surface area contributed by atoms with Crippen LogP contribution in [0, 0.1) is 11.8 Å². The van der Waals surface area contributed by atoms with E-state index in [1.165, 1.54) is 43.7 Å². The summed E-state index contributed by atoms with van der Waals surface area (Å²) in [6, 6.07) is 0.787. The van der Waals surface area contributed by atoms with E-state index in [1.54, 1.807) is 0 Å². The molecule has 2 unspecified atom stereocenters. The van der Waals surface area contributed by atoms with E-state index < -0.39 is 0 Å². The second-order valence-corrected chi connectivity index (χ2v) is 5.80. The van der Waals surface area contributed by atoms with Crippen LogP contribution in [0.15, 0.2) is 0 Å². The van der Waals surface area contributed by atoms with Crippen molar-refractivity contribution in [1.29, 1.82) is 0 Å². The molecule has 0 amide bonds. The molecule has 1 aliphatic carbocycles. The average molecular weight is 215 g/mol. The molecule has 3 heteroatoms. The SMILES string of the molecule is OCC1CCCC(CNC2CSC2)C1. The van der Waals surface area contributed by atoms with Crippen molar-refractivity contribution in [3.05, 3.63) is 0 Å². The van der Waals surface area contributed by atoms with E-state index in [0.29, 0.717) is 12.5 Å². The van der Waals surface area contributed by atoms with Crippen LogP contribution in [0.25, 0.3) is 0 Å². The second kappa shape index (κ2) is 5.38. The Morgan fingerprint density at radius 1 is 1.21 bits per heavy atom. The summed E-state index contributed by atoms with van der Waals surface area (Å²) in [6.07, 6.45) is 5.16. The Kier molecular flexibility index (Phi) is 4.14. The van der Waals surface area contributed by atoms with Crippen LogP contribution in [0.5, 0.6) is 0 Å². The minimum absolute atomic E-state index is 0.399. The van der Waals surface area contributed by atoms with Gasteiger partial charge in [0.2, 0.25) is 0 Å². The molecule has 1 heterocycles. The molecule has 2 aliphatic rings. The van der Waals surface area contributed by atoms with Crippen molar-refractivity contribution in [2.24, 2.45) is 11.8 Å². The van der Waals surface area contributed by atoms with Gasteiger partial charge in [-0.25, -0.2) is 0 Å². The van der Waals surface area contributed by atoms with Gasteiger partial charge in [0.15, 0.2) is 0 Å². The first-order valence-corrected chi connectivity index (χ1v) is 6.96. The Morgan fingerprint density at radius 2 is 2.00 bits per heavy atom. The first-order valence-electron chi connectivity index (χ1n) is 5.80. The summed E-state index contributed by atoms with van der Waals surface area (Å²) < 4.78 is 0. The molecule has 0 aromatic rings. The van der Waals surface area contributed by atoms with Crippen molar-refractivity contribution in [2.75, 3.05) is 24.7 Å². The topological polar surface area (TPSA) is 32.3 Å². The monoisotopic (exact) mass is 215 g/mol. The number of hydrogen-bond acceptors (Lipinski definition) is 3. The van der Waals surface area contributed by atoms with E-state index in [2.05, 4.69) is 5.32 Å². The fourth-order valence-electron chi connectivity index (χ4n) is 2.44. The van der Waals surface area contributed by atoms with Crippen molar-refractivity contribution in [3.63, 3.8) is 0 Å². The van der Waals surface area contributed by atoms with Crippen LogP contribution in [0.4, 0.5) is 0 Å². The van der Waals surface area contributed by atoms with Gasteiger partial charge in [0.25, 0.3) is 0 Å². The number of hydrogen-bond donors (Lipinski definition) is 2. The number of aliphatic hydroxyl groups is 1. The van der Waals surface area contributed by atoms with Crippen LogP contribution in [-0.2, 0) is 0 Å². The number of aliphatic hydroxyl groups excluding tert-OH is 1. The Bertz CT molecular complexity index is 173. The van der Waals surface area contributed by atoms with Crippen LogP contribution < -0.4 is 5.32 Å². The summed E-state index contributed by atoms with van der Waals surface area (Å²) in [5.41, 5.74) is 0. The van der Waals surface area contributed by atoms with Gasteiger partial charge in [-0.15, -0.1) is 0 Å². The summed E-state index contributed by atoms with van der Waals surface area (Å²) >= 11 is 2.03. The Hall–Kier alpha value is 0.270. The van der Waals surface area contributed by atoms with Crippen molar-refractivity contribution in [2.45, 2.75) is 31.7 Å². The molecule has 2 fully saturated rings. The highest BCUT2D eigenvalue weighted by molar-refractivity contribution is 8.00. The molecule has 2 rings (SSSR count). The van der Waals surface area contributed by atoms with Gasteiger partial charge in [-0.05, 0) is 37.6 Å². The molecule has 14 heavy (non-hydrogen) atoms. The van der Waals surface area contributed by atoms with Gasteiger partial charge in [-0.3, -0.25) is 0 Å². The zero-order valence-electron chi connectivity index (χ0n) is 8.74. The predicted octanol–water partition coefficient (Wildman–Crippen LogP) is 1.49. The number of rotatable bonds is 4. The maximum absolute atomic E-state index is 9.12. The largest absolute Gasteiger partial charge is 0.396 e. The van der Waals surface area contributed by atoms with Gasteiger partial charge in [-0.1, -0.05) is 6.42 Å².